The zero-order valence-electron chi connectivity index (χ0n) is 10.5. The van der Waals surface area contributed by atoms with Crippen molar-refractivity contribution in [2.75, 3.05) is 7.11 Å². The van der Waals surface area contributed by atoms with Gasteiger partial charge in [-0.25, -0.2) is 4.79 Å². The van der Waals surface area contributed by atoms with Crippen LogP contribution in [0.4, 0.5) is 0 Å². The van der Waals surface area contributed by atoms with E-state index in [4.69, 9.17) is 9.99 Å². The molecule has 0 aromatic heterocycles. The van der Waals surface area contributed by atoms with E-state index in [1.165, 1.54) is 7.11 Å². The lowest BCUT2D eigenvalue weighted by Crippen LogP contribution is -2.54. The van der Waals surface area contributed by atoms with Gasteiger partial charge in [0.2, 0.25) is 0 Å². The third-order valence-electron chi connectivity index (χ3n) is 4.15. The molecule has 0 spiro atoms. The molecule has 3 unspecified atom stereocenters. The van der Waals surface area contributed by atoms with Gasteiger partial charge in [-0.05, 0) is 26.2 Å². The lowest BCUT2D eigenvalue weighted by molar-refractivity contribution is -0.253. The van der Waals surface area contributed by atoms with Crippen molar-refractivity contribution < 1.29 is 24.5 Å². The Morgan fingerprint density at radius 1 is 1.35 bits per heavy atom. The SMILES string of the molecule is COC(=O)C1(C)C(C)C=CCC1(C)C(=O)OO. The normalized spacial score (nSPS) is 36.4. The van der Waals surface area contributed by atoms with Crippen molar-refractivity contribution >= 4 is 11.9 Å². The largest absolute Gasteiger partial charge is 0.469 e. The summed E-state index contributed by atoms with van der Waals surface area (Å²) in [4.78, 5) is 27.6. The van der Waals surface area contributed by atoms with E-state index in [1.54, 1.807) is 13.8 Å². The Kier molecular flexibility index (Phi) is 3.62. The summed E-state index contributed by atoms with van der Waals surface area (Å²) in [6.07, 6.45) is 4.00. The summed E-state index contributed by atoms with van der Waals surface area (Å²) < 4.78 is 4.79. The highest BCUT2D eigenvalue weighted by Crippen LogP contribution is 2.52. The molecule has 0 bridgehead atoms. The van der Waals surface area contributed by atoms with E-state index in [0.29, 0.717) is 6.42 Å². The number of carbonyl (C=O) groups excluding carboxylic acids is 2. The average Bonchev–Trinajstić information content (AvgIpc) is 2.33. The maximum absolute atomic E-state index is 12.0. The molecule has 0 saturated carbocycles. The minimum atomic E-state index is -1.14. The van der Waals surface area contributed by atoms with E-state index in [9.17, 15) is 9.59 Å². The molecule has 0 aromatic rings. The molecular weight excluding hydrogens is 224 g/mol. The number of hydrogen-bond acceptors (Lipinski definition) is 5. The third-order valence-corrected chi connectivity index (χ3v) is 4.15. The molecule has 1 aliphatic rings. The van der Waals surface area contributed by atoms with Crippen molar-refractivity contribution in [2.24, 2.45) is 16.7 Å². The predicted octanol–water partition coefficient (Wildman–Crippen LogP) is 1.78. The minimum absolute atomic E-state index is 0.187. The standard InChI is InChI=1S/C12H18O5/c1-8-6-5-7-11(2,9(13)17-15)12(8,3)10(14)16-4/h5-6,8,15H,7H2,1-4H3. The summed E-state index contributed by atoms with van der Waals surface area (Å²) in [5.74, 6) is -1.49. The first kappa shape index (κ1) is 13.7. The molecule has 0 saturated heterocycles. The molecule has 0 aliphatic heterocycles. The summed E-state index contributed by atoms with van der Waals surface area (Å²) in [6.45, 7) is 5.09. The molecule has 0 heterocycles. The number of hydrogen-bond donors (Lipinski definition) is 1. The van der Waals surface area contributed by atoms with Crippen LogP contribution in [0.5, 0.6) is 0 Å². The smallest absolute Gasteiger partial charge is 0.349 e. The molecule has 0 aromatic carbocycles. The van der Waals surface area contributed by atoms with Crippen LogP contribution in [0.1, 0.15) is 27.2 Å². The van der Waals surface area contributed by atoms with E-state index in [2.05, 4.69) is 4.89 Å². The molecule has 17 heavy (non-hydrogen) atoms. The van der Waals surface area contributed by atoms with Crippen molar-refractivity contribution in [1.82, 2.24) is 0 Å². The van der Waals surface area contributed by atoms with Crippen LogP contribution in [0.15, 0.2) is 12.2 Å². The Morgan fingerprint density at radius 2 is 1.94 bits per heavy atom. The van der Waals surface area contributed by atoms with Crippen molar-refractivity contribution in [3.63, 3.8) is 0 Å². The predicted molar refractivity (Wildman–Crippen MR) is 59.9 cm³/mol. The van der Waals surface area contributed by atoms with Gasteiger partial charge in [0.05, 0.1) is 17.9 Å². The van der Waals surface area contributed by atoms with Crippen LogP contribution < -0.4 is 0 Å². The van der Waals surface area contributed by atoms with Gasteiger partial charge < -0.3 is 9.62 Å². The number of methoxy groups -OCH3 is 1. The van der Waals surface area contributed by atoms with Crippen LogP contribution in [0.2, 0.25) is 0 Å². The highest BCUT2D eigenvalue weighted by molar-refractivity contribution is 5.88. The van der Waals surface area contributed by atoms with Gasteiger partial charge in [0.1, 0.15) is 0 Å². The lowest BCUT2D eigenvalue weighted by Gasteiger charge is -2.46. The Hall–Kier alpha value is -1.36. The number of carbonyl (C=O) groups is 2. The zero-order valence-corrected chi connectivity index (χ0v) is 10.5. The maximum Gasteiger partial charge on any atom is 0.349 e. The van der Waals surface area contributed by atoms with Gasteiger partial charge >= 0.3 is 11.9 Å². The lowest BCUT2D eigenvalue weighted by atomic mass is 9.55. The molecule has 5 nitrogen and oxygen atoms in total. The first-order chi connectivity index (χ1) is 7.84. The molecule has 1 N–H and O–H groups in total. The fourth-order valence-electron chi connectivity index (χ4n) is 2.43. The maximum atomic E-state index is 12.0. The molecule has 1 aliphatic carbocycles. The fourth-order valence-corrected chi connectivity index (χ4v) is 2.43. The van der Waals surface area contributed by atoms with Crippen LogP contribution in [-0.2, 0) is 19.2 Å². The summed E-state index contributed by atoms with van der Waals surface area (Å²) in [5, 5.41) is 8.60. The second-order valence-electron chi connectivity index (χ2n) is 4.83. The average molecular weight is 242 g/mol. The molecule has 1 rings (SSSR count). The summed E-state index contributed by atoms with van der Waals surface area (Å²) >= 11 is 0. The number of esters is 1. The van der Waals surface area contributed by atoms with Gasteiger partial charge in [-0.15, -0.1) is 0 Å². The molecule has 0 amide bonds. The van der Waals surface area contributed by atoms with Crippen LogP contribution in [0, 0.1) is 16.7 Å². The molecular formula is C12H18O5. The Bertz CT molecular complexity index is 362. The molecule has 96 valence electrons. The summed E-state index contributed by atoms with van der Waals surface area (Å²) in [6, 6.07) is 0. The summed E-state index contributed by atoms with van der Waals surface area (Å²) in [7, 11) is 1.28. The highest BCUT2D eigenvalue weighted by atomic mass is 17.1. The molecule has 5 heteroatoms. The molecule has 0 fully saturated rings. The van der Waals surface area contributed by atoms with Gasteiger partial charge in [-0.2, -0.15) is 5.26 Å². The van der Waals surface area contributed by atoms with Crippen molar-refractivity contribution in [2.45, 2.75) is 27.2 Å². The summed E-state index contributed by atoms with van der Waals surface area (Å²) in [5.41, 5.74) is -2.20. The topological polar surface area (TPSA) is 72.8 Å². The van der Waals surface area contributed by atoms with E-state index >= 15 is 0 Å². The second kappa shape index (κ2) is 4.49. The number of ether oxygens (including phenoxy) is 1. The van der Waals surface area contributed by atoms with E-state index < -0.39 is 22.8 Å². The quantitative estimate of drug-likeness (QED) is 0.346. The van der Waals surface area contributed by atoms with E-state index in [-0.39, 0.29) is 5.92 Å². The third kappa shape index (κ3) is 1.74. The molecule has 3 atom stereocenters. The van der Waals surface area contributed by atoms with Gasteiger partial charge in [-0.3, -0.25) is 4.79 Å². The number of rotatable bonds is 2. The van der Waals surface area contributed by atoms with Gasteiger partial charge in [0, 0.05) is 0 Å². The van der Waals surface area contributed by atoms with Crippen molar-refractivity contribution in [3.8, 4) is 0 Å². The van der Waals surface area contributed by atoms with E-state index in [0.717, 1.165) is 0 Å². The van der Waals surface area contributed by atoms with Crippen LogP contribution in [-0.4, -0.2) is 24.3 Å². The fraction of sp³-hybridized carbons (Fsp3) is 0.667. The molecule has 0 radical (unpaired) electrons. The second-order valence-corrected chi connectivity index (χ2v) is 4.83. The highest BCUT2D eigenvalue weighted by Gasteiger charge is 2.60. The van der Waals surface area contributed by atoms with Crippen LogP contribution in [0.25, 0.3) is 0 Å². The zero-order chi connectivity index (χ0) is 13.3. The van der Waals surface area contributed by atoms with Crippen LogP contribution >= 0.6 is 0 Å². The number of allylic oxidation sites excluding steroid dienone is 2. The van der Waals surface area contributed by atoms with Crippen molar-refractivity contribution in [3.05, 3.63) is 12.2 Å². The Labute approximate surface area is 100 Å². The first-order valence-electron chi connectivity index (χ1n) is 5.45. The first-order valence-corrected chi connectivity index (χ1v) is 5.45. The van der Waals surface area contributed by atoms with E-state index in [1.807, 2.05) is 19.1 Å². The van der Waals surface area contributed by atoms with Gasteiger partial charge in [0.15, 0.2) is 0 Å². The van der Waals surface area contributed by atoms with Crippen molar-refractivity contribution in [1.29, 1.82) is 0 Å². The monoisotopic (exact) mass is 242 g/mol. The minimum Gasteiger partial charge on any atom is -0.469 e. The van der Waals surface area contributed by atoms with Crippen LogP contribution in [0.3, 0.4) is 0 Å². The van der Waals surface area contributed by atoms with Gasteiger partial charge in [-0.1, -0.05) is 19.1 Å². The Balaban J connectivity index is 3.32. The Morgan fingerprint density at radius 3 is 2.41 bits per heavy atom. The van der Waals surface area contributed by atoms with Gasteiger partial charge in [0.25, 0.3) is 0 Å².